The van der Waals surface area contributed by atoms with Gasteiger partial charge < -0.3 is 0 Å². The number of halogens is 2. The molecule has 158 valence electrons. The lowest BCUT2D eigenvalue weighted by atomic mass is 10.0. The van der Waals surface area contributed by atoms with Crippen molar-refractivity contribution in [3.8, 4) is 0 Å². The molecular formula is C24H48F2. The van der Waals surface area contributed by atoms with E-state index in [2.05, 4.69) is 6.92 Å². The molecule has 0 aliphatic carbocycles. The lowest BCUT2D eigenvalue weighted by Crippen LogP contribution is -1.89. The van der Waals surface area contributed by atoms with Gasteiger partial charge in [0, 0.05) is 6.42 Å². The van der Waals surface area contributed by atoms with Crippen LogP contribution in [0, 0.1) is 0 Å². The fourth-order valence-corrected chi connectivity index (χ4v) is 3.73. The van der Waals surface area contributed by atoms with Gasteiger partial charge in [0.25, 0.3) is 0 Å². The standard InChI is InChI=1S/C24H48F2/c1-2-3-4-5-6-7-8-9-10-11-12-13-14-15-16-17-18-19-20-21-22-23-24(25)26/h24H,2-23H2,1H3. The van der Waals surface area contributed by atoms with Gasteiger partial charge in [-0.05, 0) is 6.42 Å². The summed E-state index contributed by atoms with van der Waals surface area (Å²) in [5, 5.41) is 0. The van der Waals surface area contributed by atoms with E-state index in [1.807, 2.05) is 0 Å². The SMILES string of the molecule is CCCCCCCCCCCCCCCCCCCCCCCC(F)F. The van der Waals surface area contributed by atoms with E-state index in [4.69, 9.17) is 0 Å². The first kappa shape index (κ1) is 25.9. The number of hydrogen-bond donors (Lipinski definition) is 0. The van der Waals surface area contributed by atoms with Crippen LogP contribution in [0.5, 0.6) is 0 Å². The average molecular weight is 375 g/mol. The van der Waals surface area contributed by atoms with Crippen molar-refractivity contribution < 1.29 is 8.78 Å². The van der Waals surface area contributed by atoms with Gasteiger partial charge in [-0.3, -0.25) is 0 Å². The molecule has 0 nitrogen and oxygen atoms in total. The predicted octanol–water partition coefficient (Wildman–Crippen LogP) is 9.85. The van der Waals surface area contributed by atoms with Gasteiger partial charge in [0.1, 0.15) is 0 Å². The molecule has 0 heterocycles. The lowest BCUT2D eigenvalue weighted by Gasteiger charge is -2.04. The second-order valence-corrected chi connectivity index (χ2v) is 8.25. The Morgan fingerprint density at radius 3 is 0.846 bits per heavy atom. The second-order valence-electron chi connectivity index (χ2n) is 8.25. The van der Waals surface area contributed by atoms with Crippen molar-refractivity contribution in [3.05, 3.63) is 0 Å². The molecule has 0 spiro atoms. The lowest BCUT2D eigenvalue weighted by molar-refractivity contribution is 0.133. The first-order chi connectivity index (χ1) is 12.8. The molecular weight excluding hydrogens is 326 g/mol. The van der Waals surface area contributed by atoms with E-state index in [0.29, 0.717) is 6.42 Å². The maximum Gasteiger partial charge on any atom is 0.238 e. The Labute approximate surface area is 163 Å². The van der Waals surface area contributed by atoms with Crippen molar-refractivity contribution in [1.29, 1.82) is 0 Å². The van der Waals surface area contributed by atoms with Gasteiger partial charge >= 0.3 is 0 Å². The van der Waals surface area contributed by atoms with Gasteiger partial charge in [-0.25, -0.2) is 8.78 Å². The van der Waals surface area contributed by atoms with Gasteiger partial charge in [-0.15, -0.1) is 0 Å². The predicted molar refractivity (Wildman–Crippen MR) is 113 cm³/mol. The van der Waals surface area contributed by atoms with E-state index in [9.17, 15) is 8.78 Å². The molecule has 0 aliphatic heterocycles. The molecule has 0 radical (unpaired) electrons. The fraction of sp³-hybridized carbons (Fsp3) is 1.00. The van der Waals surface area contributed by atoms with Crippen LogP contribution in [0.25, 0.3) is 0 Å². The number of alkyl halides is 2. The highest BCUT2D eigenvalue weighted by Gasteiger charge is 2.00. The van der Waals surface area contributed by atoms with Gasteiger partial charge in [-0.2, -0.15) is 0 Å². The maximum absolute atomic E-state index is 12.0. The molecule has 0 saturated carbocycles. The van der Waals surface area contributed by atoms with Crippen LogP contribution in [0.1, 0.15) is 148 Å². The fourth-order valence-electron chi connectivity index (χ4n) is 3.73. The number of hydrogen-bond acceptors (Lipinski definition) is 0. The molecule has 0 unspecified atom stereocenters. The largest absolute Gasteiger partial charge is 0.238 e. The van der Waals surface area contributed by atoms with Crippen LogP contribution in [-0.4, -0.2) is 6.43 Å². The molecule has 0 bridgehead atoms. The summed E-state index contributed by atoms with van der Waals surface area (Å²) in [6, 6.07) is 0. The Bertz CT molecular complexity index is 240. The Morgan fingerprint density at radius 1 is 0.385 bits per heavy atom. The van der Waals surface area contributed by atoms with E-state index >= 15 is 0 Å². The van der Waals surface area contributed by atoms with Gasteiger partial charge in [0.05, 0.1) is 0 Å². The molecule has 0 aromatic heterocycles. The normalized spacial score (nSPS) is 11.5. The smallest absolute Gasteiger partial charge is 0.211 e. The van der Waals surface area contributed by atoms with E-state index in [-0.39, 0.29) is 6.42 Å². The van der Waals surface area contributed by atoms with Crippen molar-refractivity contribution in [2.45, 2.75) is 155 Å². The van der Waals surface area contributed by atoms with Crippen molar-refractivity contribution in [3.63, 3.8) is 0 Å². The molecule has 2 heteroatoms. The Balaban J connectivity index is 2.97. The summed E-state index contributed by atoms with van der Waals surface area (Å²) < 4.78 is 24.0. The highest BCUT2D eigenvalue weighted by Crippen LogP contribution is 2.15. The summed E-state index contributed by atoms with van der Waals surface area (Å²) >= 11 is 0. The van der Waals surface area contributed by atoms with Crippen LogP contribution in [0.15, 0.2) is 0 Å². The van der Waals surface area contributed by atoms with E-state index in [0.717, 1.165) is 12.8 Å². The van der Waals surface area contributed by atoms with Crippen molar-refractivity contribution in [1.82, 2.24) is 0 Å². The van der Waals surface area contributed by atoms with Gasteiger partial charge in [-0.1, -0.05) is 135 Å². The monoisotopic (exact) mass is 374 g/mol. The van der Waals surface area contributed by atoms with Crippen LogP contribution in [-0.2, 0) is 0 Å². The molecule has 0 atom stereocenters. The van der Waals surface area contributed by atoms with E-state index in [1.54, 1.807) is 0 Å². The third kappa shape index (κ3) is 23.9. The molecule has 0 aliphatic rings. The molecule has 0 amide bonds. The summed E-state index contributed by atoms with van der Waals surface area (Å²) in [6.45, 7) is 2.28. The Hall–Kier alpha value is -0.140. The van der Waals surface area contributed by atoms with Crippen molar-refractivity contribution in [2.24, 2.45) is 0 Å². The van der Waals surface area contributed by atoms with E-state index in [1.165, 1.54) is 116 Å². The zero-order valence-electron chi connectivity index (χ0n) is 17.9. The zero-order valence-corrected chi connectivity index (χ0v) is 17.9. The topological polar surface area (TPSA) is 0 Å². The second kappa shape index (κ2) is 22.9. The van der Waals surface area contributed by atoms with Crippen LogP contribution in [0.2, 0.25) is 0 Å². The average Bonchev–Trinajstić information content (AvgIpc) is 2.62. The molecule has 0 rings (SSSR count). The minimum atomic E-state index is -2.10. The minimum absolute atomic E-state index is 0.0963. The third-order valence-corrected chi connectivity index (χ3v) is 5.53. The van der Waals surface area contributed by atoms with Crippen molar-refractivity contribution >= 4 is 0 Å². The Morgan fingerprint density at radius 2 is 0.615 bits per heavy atom. The molecule has 0 N–H and O–H groups in total. The molecule has 0 aromatic rings. The first-order valence-corrected chi connectivity index (χ1v) is 12.1. The number of unbranched alkanes of at least 4 members (excludes halogenated alkanes) is 20. The van der Waals surface area contributed by atoms with Crippen LogP contribution < -0.4 is 0 Å². The summed E-state index contributed by atoms with van der Waals surface area (Å²) in [4.78, 5) is 0. The van der Waals surface area contributed by atoms with E-state index < -0.39 is 6.43 Å². The highest BCUT2D eigenvalue weighted by molar-refractivity contribution is 4.51. The summed E-state index contributed by atoms with van der Waals surface area (Å²) in [7, 11) is 0. The molecule has 0 saturated heterocycles. The quantitative estimate of drug-likeness (QED) is 0.165. The molecule has 0 aromatic carbocycles. The summed E-state index contributed by atoms with van der Waals surface area (Å²) in [5.74, 6) is 0. The van der Waals surface area contributed by atoms with Crippen molar-refractivity contribution in [2.75, 3.05) is 0 Å². The van der Waals surface area contributed by atoms with Crippen LogP contribution in [0.3, 0.4) is 0 Å². The third-order valence-electron chi connectivity index (χ3n) is 5.53. The number of rotatable bonds is 22. The first-order valence-electron chi connectivity index (χ1n) is 12.1. The minimum Gasteiger partial charge on any atom is -0.211 e. The van der Waals surface area contributed by atoms with Gasteiger partial charge in [0.15, 0.2) is 0 Å². The summed E-state index contributed by atoms with van der Waals surface area (Å²) in [6.07, 6.45) is 26.1. The highest BCUT2D eigenvalue weighted by atomic mass is 19.3. The van der Waals surface area contributed by atoms with Gasteiger partial charge in [0.2, 0.25) is 6.43 Å². The zero-order chi connectivity index (χ0) is 19.1. The summed E-state index contributed by atoms with van der Waals surface area (Å²) in [5.41, 5.74) is 0. The Kier molecular flexibility index (Phi) is 22.8. The molecule has 0 fully saturated rings. The maximum atomic E-state index is 12.0. The van der Waals surface area contributed by atoms with Crippen LogP contribution in [0.4, 0.5) is 8.78 Å². The van der Waals surface area contributed by atoms with Crippen LogP contribution >= 0.6 is 0 Å². The molecule has 26 heavy (non-hydrogen) atoms.